The van der Waals surface area contributed by atoms with Gasteiger partial charge in [-0.05, 0) is 0 Å². The van der Waals surface area contributed by atoms with Crippen molar-refractivity contribution >= 4 is 8.80 Å². The summed E-state index contributed by atoms with van der Waals surface area (Å²) in [6, 6.07) is 0. The first-order chi connectivity index (χ1) is 1.73. The van der Waals surface area contributed by atoms with Crippen molar-refractivity contribution in [1.29, 1.82) is 0 Å². The van der Waals surface area contributed by atoms with E-state index >= 15 is 0 Å². The molecule has 0 unspecified atom stereocenters. The van der Waals surface area contributed by atoms with Gasteiger partial charge in [0.2, 0.25) is 0 Å². The summed E-state index contributed by atoms with van der Waals surface area (Å²) in [5.41, 5.74) is 0. The second kappa shape index (κ2) is 4.84. The molecule has 0 aliphatic rings. The van der Waals surface area contributed by atoms with Crippen LogP contribution >= 0.6 is 0 Å². The molecule has 0 aliphatic heterocycles. The summed E-state index contributed by atoms with van der Waals surface area (Å²) < 4.78 is 0. The van der Waals surface area contributed by atoms with Crippen molar-refractivity contribution in [3.63, 3.8) is 0 Å². The van der Waals surface area contributed by atoms with Gasteiger partial charge in [-0.1, -0.05) is 19.6 Å². The summed E-state index contributed by atoms with van der Waals surface area (Å²) in [6.45, 7) is 6.81. The van der Waals surface area contributed by atoms with E-state index in [0.29, 0.717) is 0 Å². The van der Waals surface area contributed by atoms with Crippen LogP contribution in [-0.2, 0) is 19.5 Å². The van der Waals surface area contributed by atoms with E-state index in [0.717, 1.165) is 0 Å². The Kier molecular flexibility index (Phi) is 8.98. The van der Waals surface area contributed by atoms with Crippen LogP contribution in [0.25, 0.3) is 0 Å². The molecule has 0 aromatic rings. The van der Waals surface area contributed by atoms with Crippen molar-refractivity contribution in [2.45, 2.75) is 19.6 Å². The molecule has 0 rings (SSSR count). The van der Waals surface area contributed by atoms with E-state index in [4.69, 9.17) is 0 Å². The molecule has 0 heterocycles. The van der Waals surface area contributed by atoms with Gasteiger partial charge in [-0.25, -0.2) is 0 Å². The van der Waals surface area contributed by atoms with Crippen LogP contribution in [0, 0.1) is 0 Å². The molecule has 2 radical (unpaired) electrons. The van der Waals surface area contributed by atoms with E-state index in [1.807, 2.05) is 0 Å². The van der Waals surface area contributed by atoms with Crippen LogP contribution in [-0.4, -0.2) is 8.80 Å². The molecule has 0 amide bonds. The van der Waals surface area contributed by atoms with Gasteiger partial charge >= 0.3 is 0 Å². The van der Waals surface area contributed by atoms with E-state index in [9.17, 15) is 0 Å². The Labute approximate surface area is 48.3 Å². The molecule has 5 heavy (non-hydrogen) atoms. The maximum absolute atomic E-state index is 2.27. The summed E-state index contributed by atoms with van der Waals surface area (Å²) in [7, 11) is 0.120. The minimum atomic E-state index is 0. The van der Waals surface area contributed by atoms with Gasteiger partial charge in [0.15, 0.2) is 0 Å². The Morgan fingerprint density at radius 2 is 1.00 bits per heavy atom. The molecule has 0 atom stereocenters. The number of hydrogen-bond acceptors (Lipinski definition) is 0. The van der Waals surface area contributed by atoms with Crippen LogP contribution in [0.2, 0.25) is 19.6 Å². The maximum Gasteiger partial charge on any atom is 0.0379 e. The van der Waals surface area contributed by atoms with Gasteiger partial charge in [0.25, 0.3) is 0 Å². The second-order valence-electron chi connectivity index (χ2n) is 1.50. The van der Waals surface area contributed by atoms with Gasteiger partial charge in [0, 0.05) is 28.3 Å². The van der Waals surface area contributed by atoms with Crippen molar-refractivity contribution in [2.75, 3.05) is 0 Å². The molecular weight excluding hydrogens is 167 g/mol. The van der Waals surface area contributed by atoms with E-state index in [-0.39, 0.29) is 28.3 Å². The monoisotopic (exact) mass is 176 g/mol. The minimum Gasteiger partial charge on any atom is -0.0715 e. The molecule has 0 aliphatic carbocycles. The Balaban J connectivity index is 0. The van der Waals surface area contributed by atoms with Crippen LogP contribution in [0.5, 0.6) is 0 Å². The minimum absolute atomic E-state index is 0. The Bertz CT molecular complexity index is 11.6. The van der Waals surface area contributed by atoms with Crippen LogP contribution in [0.15, 0.2) is 0 Å². The van der Waals surface area contributed by atoms with Gasteiger partial charge in [0.1, 0.15) is 0 Å². The van der Waals surface area contributed by atoms with Gasteiger partial charge < -0.3 is 0 Å². The topological polar surface area (TPSA) is 0 Å². The third-order valence-corrected chi connectivity index (χ3v) is 0. The molecule has 0 aromatic heterocycles. The smallest absolute Gasteiger partial charge is 0.0379 e. The average molecular weight is 176 g/mol. The fourth-order valence-electron chi connectivity index (χ4n) is 0. The Morgan fingerprint density at radius 1 is 1.00 bits per heavy atom. The van der Waals surface area contributed by atoms with Gasteiger partial charge in [-0.15, -0.1) is 0 Å². The first-order valence-corrected chi connectivity index (χ1v) is 4.50. The van der Waals surface area contributed by atoms with Crippen molar-refractivity contribution in [2.24, 2.45) is 0 Å². The first kappa shape index (κ1) is 9.28. The fourth-order valence-corrected chi connectivity index (χ4v) is 0. The van der Waals surface area contributed by atoms with Crippen molar-refractivity contribution in [3.8, 4) is 0 Å². The third-order valence-electron chi connectivity index (χ3n) is 0. The normalized spacial score (nSPS) is 7.20. The quantitative estimate of drug-likeness (QED) is 0.489. The van der Waals surface area contributed by atoms with E-state index in [1.54, 1.807) is 0 Å². The van der Waals surface area contributed by atoms with Crippen LogP contribution < -0.4 is 0 Å². The predicted octanol–water partition coefficient (Wildman–Crippen LogP) is 1.37. The Morgan fingerprint density at radius 3 is 1.00 bits per heavy atom. The maximum atomic E-state index is 2.27. The summed E-state index contributed by atoms with van der Waals surface area (Å²) in [5.74, 6) is 0. The predicted molar refractivity (Wildman–Crippen MR) is 23.3 cm³/mol. The molecular formula is C3H9RhSi. The van der Waals surface area contributed by atoms with Crippen molar-refractivity contribution in [1.82, 2.24) is 0 Å². The average Bonchev–Trinajstić information content (AvgIpc) is 0.811. The zero-order valence-electron chi connectivity index (χ0n) is 3.83. The number of rotatable bonds is 0. The van der Waals surface area contributed by atoms with Crippen LogP contribution in [0.3, 0.4) is 0 Å². The molecule has 0 spiro atoms. The summed E-state index contributed by atoms with van der Waals surface area (Å²) >= 11 is 0. The molecule has 2 heteroatoms. The van der Waals surface area contributed by atoms with Crippen molar-refractivity contribution < 1.29 is 19.5 Å². The SMILES string of the molecule is C[Si](C)C.[Rh]. The Hall–Kier alpha value is 0.840. The van der Waals surface area contributed by atoms with Gasteiger partial charge in [-0.3, -0.25) is 0 Å². The molecule has 0 fully saturated rings. The van der Waals surface area contributed by atoms with E-state index < -0.39 is 0 Å². The summed E-state index contributed by atoms with van der Waals surface area (Å²) in [5, 5.41) is 0. The molecule has 0 saturated carbocycles. The molecule has 0 saturated heterocycles. The number of hydrogen-bond donors (Lipinski definition) is 0. The molecule has 0 N–H and O–H groups in total. The molecule has 0 aromatic carbocycles. The molecule has 34 valence electrons. The van der Waals surface area contributed by atoms with Gasteiger partial charge in [0.05, 0.1) is 0 Å². The summed E-state index contributed by atoms with van der Waals surface area (Å²) in [4.78, 5) is 0. The van der Waals surface area contributed by atoms with E-state index in [1.165, 1.54) is 0 Å². The third kappa shape index (κ3) is 55.3. The van der Waals surface area contributed by atoms with E-state index in [2.05, 4.69) is 19.6 Å². The first-order valence-electron chi connectivity index (χ1n) is 1.50. The van der Waals surface area contributed by atoms with Gasteiger partial charge in [-0.2, -0.15) is 0 Å². The molecule has 0 bridgehead atoms. The zero-order valence-corrected chi connectivity index (χ0v) is 6.47. The standard InChI is InChI=1S/C3H9Si.Rh/c1-4(2)3;/h1-3H3;. The van der Waals surface area contributed by atoms with Crippen LogP contribution in [0.4, 0.5) is 0 Å². The fraction of sp³-hybridized carbons (Fsp3) is 1.00. The molecule has 0 nitrogen and oxygen atoms in total. The summed E-state index contributed by atoms with van der Waals surface area (Å²) in [6.07, 6.45) is 0. The van der Waals surface area contributed by atoms with Crippen LogP contribution in [0.1, 0.15) is 0 Å². The largest absolute Gasteiger partial charge is 0.0715 e. The second-order valence-corrected chi connectivity index (χ2v) is 4.50. The zero-order chi connectivity index (χ0) is 3.58. The van der Waals surface area contributed by atoms with Crippen molar-refractivity contribution in [3.05, 3.63) is 0 Å².